The van der Waals surface area contributed by atoms with Gasteiger partial charge in [0.25, 0.3) is 0 Å². The smallest absolute Gasteiger partial charge is 0.326 e. The van der Waals surface area contributed by atoms with Crippen LogP contribution in [0.15, 0.2) is 11.5 Å². The molecule has 0 bridgehead atoms. The molecule has 2 unspecified atom stereocenters. The van der Waals surface area contributed by atoms with Crippen molar-refractivity contribution in [1.82, 2.24) is 14.8 Å². The molecule has 100 valence electrons. The second-order valence-electron chi connectivity index (χ2n) is 4.53. The van der Waals surface area contributed by atoms with Crippen LogP contribution in [0.4, 0.5) is 0 Å². The Morgan fingerprint density at radius 1 is 1.78 bits per heavy atom. The van der Waals surface area contributed by atoms with Crippen LogP contribution in [0.5, 0.6) is 0 Å². The van der Waals surface area contributed by atoms with Gasteiger partial charge in [0.05, 0.1) is 6.61 Å². The number of thioether (sulfide) groups is 1. The maximum absolute atomic E-state index is 11.8. The van der Waals surface area contributed by atoms with Crippen molar-refractivity contribution >= 4 is 17.7 Å². The Morgan fingerprint density at radius 2 is 2.56 bits per heavy atom. The average molecular weight is 270 g/mol. The maximum Gasteiger partial charge on any atom is 0.326 e. The standard InChI is InChI=1S/C11H18N4O2S/c1-3-17-9(16)11(12)5-4-8(6-11)18-10-13-7-14-15(10)2/h7-8H,3-6,12H2,1-2H3. The molecular formula is C11H18N4O2S. The van der Waals surface area contributed by atoms with E-state index in [-0.39, 0.29) is 5.97 Å². The molecule has 1 saturated carbocycles. The minimum Gasteiger partial charge on any atom is -0.465 e. The minimum atomic E-state index is -0.827. The number of esters is 1. The summed E-state index contributed by atoms with van der Waals surface area (Å²) in [6, 6.07) is 0. The van der Waals surface area contributed by atoms with Gasteiger partial charge in [-0.2, -0.15) is 5.10 Å². The number of aromatic nitrogens is 3. The van der Waals surface area contributed by atoms with Crippen LogP contribution in [0, 0.1) is 0 Å². The van der Waals surface area contributed by atoms with E-state index in [2.05, 4.69) is 10.1 Å². The van der Waals surface area contributed by atoms with Crippen molar-refractivity contribution in [2.75, 3.05) is 6.61 Å². The molecule has 0 amide bonds. The summed E-state index contributed by atoms with van der Waals surface area (Å²) in [5.41, 5.74) is 5.29. The number of carbonyl (C=O) groups is 1. The summed E-state index contributed by atoms with van der Waals surface area (Å²) in [4.78, 5) is 16.0. The Balaban J connectivity index is 1.96. The zero-order chi connectivity index (χ0) is 13.2. The van der Waals surface area contributed by atoms with Crippen molar-refractivity contribution < 1.29 is 9.53 Å². The number of aryl methyl sites for hydroxylation is 1. The Kier molecular flexibility index (Phi) is 3.91. The normalized spacial score (nSPS) is 27.4. The fourth-order valence-electron chi connectivity index (χ4n) is 2.13. The van der Waals surface area contributed by atoms with Crippen molar-refractivity contribution in [3.63, 3.8) is 0 Å². The lowest BCUT2D eigenvalue weighted by atomic mass is 10.00. The number of nitrogens with two attached hydrogens (primary N) is 1. The van der Waals surface area contributed by atoms with E-state index in [1.54, 1.807) is 23.4 Å². The summed E-state index contributed by atoms with van der Waals surface area (Å²) < 4.78 is 6.76. The quantitative estimate of drug-likeness (QED) is 0.812. The predicted octanol–water partition coefficient (Wildman–Crippen LogP) is 0.720. The first-order valence-electron chi connectivity index (χ1n) is 6.02. The van der Waals surface area contributed by atoms with Gasteiger partial charge in [-0.05, 0) is 26.2 Å². The van der Waals surface area contributed by atoms with Crippen LogP contribution in [-0.4, -0.2) is 38.1 Å². The summed E-state index contributed by atoms with van der Waals surface area (Å²) in [7, 11) is 1.85. The van der Waals surface area contributed by atoms with Gasteiger partial charge in [-0.3, -0.25) is 4.79 Å². The first-order valence-corrected chi connectivity index (χ1v) is 6.90. The molecule has 1 aromatic rings. The maximum atomic E-state index is 11.8. The van der Waals surface area contributed by atoms with Gasteiger partial charge < -0.3 is 10.5 Å². The fraction of sp³-hybridized carbons (Fsp3) is 0.727. The van der Waals surface area contributed by atoms with E-state index in [1.807, 2.05) is 7.05 Å². The van der Waals surface area contributed by atoms with Crippen molar-refractivity contribution in [3.05, 3.63) is 6.33 Å². The van der Waals surface area contributed by atoms with E-state index in [0.29, 0.717) is 24.7 Å². The molecule has 1 heterocycles. The van der Waals surface area contributed by atoms with Crippen molar-refractivity contribution in [2.45, 2.75) is 42.1 Å². The minimum absolute atomic E-state index is 0.286. The first-order chi connectivity index (χ1) is 8.55. The molecule has 2 atom stereocenters. The van der Waals surface area contributed by atoms with E-state index in [1.165, 1.54) is 6.33 Å². The van der Waals surface area contributed by atoms with Crippen molar-refractivity contribution in [1.29, 1.82) is 0 Å². The molecule has 0 saturated heterocycles. The van der Waals surface area contributed by atoms with Gasteiger partial charge in [-0.15, -0.1) is 0 Å². The molecule has 0 spiro atoms. The van der Waals surface area contributed by atoms with Gasteiger partial charge in [0, 0.05) is 12.3 Å². The molecule has 6 nitrogen and oxygen atoms in total. The monoisotopic (exact) mass is 270 g/mol. The van der Waals surface area contributed by atoms with E-state index in [4.69, 9.17) is 10.5 Å². The largest absolute Gasteiger partial charge is 0.465 e. The Bertz CT molecular complexity index is 436. The summed E-state index contributed by atoms with van der Waals surface area (Å²) in [6.07, 6.45) is 3.72. The predicted molar refractivity (Wildman–Crippen MR) is 68.1 cm³/mol. The molecule has 1 aromatic heterocycles. The lowest BCUT2D eigenvalue weighted by Crippen LogP contribution is -2.47. The summed E-state index contributed by atoms with van der Waals surface area (Å²) in [5, 5.41) is 5.17. The van der Waals surface area contributed by atoms with Gasteiger partial charge in [0.15, 0.2) is 5.16 Å². The SMILES string of the molecule is CCOC(=O)C1(N)CCC(Sc2ncnn2C)C1. The molecule has 0 aromatic carbocycles. The van der Waals surface area contributed by atoms with Gasteiger partial charge in [0.2, 0.25) is 0 Å². The lowest BCUT2D eigenvalue weighted by Gasteiger charge is -2.21. The number of ether oxygens (including phenoxy) is 1. The summed E-state index contributed by atoms with van der Waals surface area (Å²) in [5.74, 6) is -0.286. The van der Waals surface area contributed by atoms with Crippen LogP contribution >= 0.6 is 11.8 Å². The van der Waals surface area contributed by atoms with E-state index >= 15 is 0 Å². The highest BCUT2D eigenvalue weighted by atomic mass is 32.2. The third-order valence-electron chi connectivity index (χ3n) is 3.13. The zero-order valence-corrected chi connectivity index (χ0v) is 11.4. The van der Waals surface area contributed by atoms with Gasteiger partial charge in [-0.1, -0.05) is 11.8 Å². The topological polar surface area (TPSA) is 83.0 Å². The Hall–Kier alpha value is -1.08. The van der Waals surface area contributed by atoms with Gasteiger partial charge in [0.1, 0.15) is 11.9 Å². The van der Waals surface area contributed by atoms with Gasteiger partial charge in [-0.25, -0.2) is 9.67 Å². The third kappa shape index (κ3) is 2.67. The molecule has 2 rings (SSSR count). The molecule has 7 heteroatoms. The number of rotatable bonds is 4. The first kappa shape index (κ1) is 13.4. The second-order valence-corrected chi connectivity index (χ2v) is 5.79. The molecular weight excluding hydrogens is 252 g/mol. The third-order valence-corrected chi connectivity index (χ3v) is 4.44. The van der Waals surface area contributed by atoms with Crippen LogP contribution < -0.4 is 5.73 Å². The van der Waals surface area contributed by atoms with Crippen LogP contribution in [0.3, 0.4) is 0 Å². The highest BCUT2D eigenvalue weighted by Crippen LogP contribution is 2.38. The van der Waals surface area contributed by atoms with E-state index < -0.39 is 5.54 Å². The van der Waals surface area contributed by atoms with Crippen LogP contribution in [-0.2, 0) is 16.6 Å². The Morgan fingerprint density at radius 3 is 3.17 bits per heavy atom. The number of carbonyl (C=O) groups excluding carboxylic acids is 1. The lowest BCUT2D eigenvalue weighted by molar-refractivity contribution is -0.149. The van der Waals surface area contributed by atoms with Crippen molar-refractivity contribution in [3.8, 4) is 0 Å². The molecule has 1 fully saturated rings. The van der Waals surface area contributed by atoms with Crippen LogP contribution in [0.1, 0.15) is 26.2 Å². The van der Waals surface area contributed by atoms with Crippen LogP contribution in [0.2, 0.25) is 0 Å². The molecule has 18 heavy (non-hydrogen) atoms. The number of nitrogens with zero attached hydrogens (tertiary/aromatic N) is 3. The summed E-state index contributed by atoms with van der Waals surface area (Å²) >= 11 is 1.62. The summed E-state index contributed by atoms with van der Waals surface area (Å²) in [6.45, 7) is 2.17. The number of hydrogen-bond acceptors (Lipinski definition) is 6. The second kappa shape index (κ2) is 5.27. The van der Waals surface area contributed by atoms with Crippen LogP contribution in [0.25, 0.3) is 0 Å². The molecule has 1 aliphatic rings. The molecule has 1 aliphatic carbocycles. The van der Waals surface area contributed by atoms with Gasteiger partial charge >= 0.3 is 5.97 Å². The molecule has 0 radical (unpaired) electrons. The van der Waals surface area contributed by atoms with Crippen molar-refractivity contribution in [2.24, 2.45) is 12.8 Å². The molecule has 2 N–H and O–H groups in total. The van der Waals surface area contributed by atoms with E-state index in [9.17, 15) is 4.79 Å². The molecule has 0 aliphatic heterocycles. The zero-order valence-electron chi connectivity index (χ0n) is 10.6. The fourth-order valence-corrected chi connectivity index (χ4v) is 3.35. The highest BCUT2D eigenvalue weighted by molar-refractivity contribution is 7.99. The highest BCUT2D eigenvalue weighted by Gasteiger charge is 2.43. The Labute approximate surface area is 110 Å². The van der Waals surface area contributed by atoms with E-state index in [0.717, 1.165) is 11.6 Å². The average Bonchev–Trinajstić information content (AvgIpc) is 2.89. The number of hydrogen-bond donors (Lipinski definition) is 1.